The first-order valence-electron chi connectivity index (χ1n) is 5.14. The van der Waals surface area contributed by atoms with Crippen molar-refractivity contribution in [2.45, 2.75) is 32.2 Å². The van der Waals surface area contributed by atoms with Gasteiger partial charge < -0.3 is 11.1 Å². The molecule has 3 N–H and O–H groups in total. The van der Waals surface area contributed by atoms with Gasteiger partial charge in [-0.05, 0) is 25.7 Å². The second kappa shape index (κ2) is 4.18. The molecule has 0 bridgehead atoms. The molecule has 1 unspecified atom stereocenters. The molecular weight excluding hydrogens is 210 g/mol. The van der Waals surface area contributed by atoms with Crippen LogP contribution >= 0.6 is 11.3 Å². The van der Waals surface area contributed by atoms with E-state index in [1.807, 2.05) is 5.38 Å². The van der Waals surface area contributed by atoms with E-state index in [4.69, 9.17) is 5.73 Å². The van der Waals surface area contributed by atoms with Crippen LogP contribution in [0.4, 0.5) is 5.13 Å². The molecule has 1 atom stereocenters. The highest BCUT2D eigenvalue weighted by Gasteiger charge is 2.28. The summed E-state index contributed by atoms with van der Waals surface area (Å²) in [6, 6.07) is 0.300. The van der Waals surface area contributed by atoms with Crippen molar-refractivity contribution in [3.05, 3.63) is 11.1 Å². The van der Waals surface area contributed by atoms with Crippen LogP contribution in [0.3, 0.4) is 0 Å². The Kier molecular flexibility index (Phi) is 2.90. The highest BCUT2D eigenvalue weighted by Crippen LogP contribution is 2.32. The molecule has 1 aliphatic rings. The highest BCUT2D eigenvalue weighted by molar-refractivity contribution is 7.13. The number of amides is 1. The van der Waals surface area contributed by atoms with Crippen molar-refractivity contribution in [3.8, 4) is 0 Å². The van der Waals surface area contributed by atoms with E-state index in [-0.39, 0.29) is 5.91 Å². The summed E-state index contributed by atoms with van der Waals surface area (Å²) in [5, 5.41) is 5.34. The van der Waals surface area contributed by atoms with Crippen LogP contribution in [0, 0.1) is 5.92 Å². The first-order chi connectivity index (χ1) is 7.15. The minimum atomic E-state index is 0.0414. The standard InChI is InChI=1S/C10H15N3OS/c1-6(7-2-3-7)12-9(14)4-8-5-15-10(11)13-8/h5-7H,2-4H2,1H3,(H2,11,13)(H,12,14). The molecule has 1 heterocycles. The summed E-state index contributed by atoms with van der Waals surface area (Å²) >= 11 is 1.37. The molecule has 0 aliphatic heterocycles. The van der Waals surface area contributed by atoms with Crippen molar-refractivity contribution in [1.82, 2.24) is 10.3 Å². The highest BCUT2D eigenvalue weighted by atomic mass is 32.1. The molecule has 15 heavy (non-hydrogen) atoms. The van der Waals surface area contributed by atoms with E-state index in [9.17, 15) is 4.79 Å². The summed E-state index contributed by atoms with van der Waals surface area (Å²) < 4.78 is 0. The number of nitrogens with two attached hydrogens (primary N) is 1. The Hall–Kier alpha value is -1.10. The smallest absolute Gasteiger partial charge is 0.226 e. The van der Waals surface area contributed by atoms with Crippen molar-refractivity contribution in [1.29, 1.82) is 0 Å². The molecule has 0 spiro atoms. The van der Waals surface area contributed by atoms with Crippen LogP contribution in [0.1, 0.15) is 25.5 Å². The number of nitrogens with one attached hydrogen (secondary N) is 1. The normalized spacial score (nSPS) is 17.4. The van der Waals surface area contributed by atoms with Gasteiger partial charge in [-0.1, -0.05) is 0 Å². The Bertz CT molecular complexity index is 359. The molecular formula is C10H15N3OS. The van der Waals surface area contributed by atoms with E-state index in [0.29, 0.717) is 23.5 Å². The van der Waals surface area contributed by atoms with Gasteiger partial charge in [-0.3, -0.25) is 4.79 Å². The average Bonchev–Trinajstić information content (AvgIpc) is 2.92. The molecule has 0 radical (unpaired) electrons. The minimum absolute atomic E-state index is 0.0414. The van der Waals surface area contributed by atoms with Crippen LogP contribution in [-0.4, -0.2) is 16.9 Å². The third-order valence-electron chi connectivity index (χ3n) is 2.63. The number of thiazole rings is 1. The summed E-state index contributed by atoms with van der Waals surface area (Å²) in [5.74, 6) is 0.731. The van der Waals surface area contributed by atoms with E-state index >= 15 is 0 Å². The largest absolute Gasteiger partial charge is 0.375 e. The summed E-state index contributed by atoms with van der Waals surface area (Å²) in [6.45, 7) is 2.06. The topological polar surface area (TPSA) is 68.0 Å². The van der Waals surface area contributed by atoms with Crippen LogP contribution in [0.5, 0.6) is 0 Å². The van der Waals surface area contributed by atoms with Crippen LogP contribution < -0.4 is 11.1 Å². The van der Waals surface area contributed by atoms with Crippen LogP contribution in [0.25, 0.3) is 0 Å². The molecule has 1 aromatic heterocycles. The maximum atomic E-state index is 11.6. The molecule has 1 fully saturated rings. The number of hydrogen-bond acceptors (Lipinski definition) is 4. The van der Waals surface area contributed by atoms with Crippen molar-refractivity contribution in [2.24, 2.45) is 5.92 Å². The summed E-state index contributed by atoms with van der Waals surface area (Å²) in [7, 11) is 0. The quantitative estimate of drug-likeness (QED) is 0.808. The molecule has 0 aromatic carbocycles. The molecule has 4 nitrogen and oxygen atoms in total. The number of aromatic nitrogens is 1. The van der Waals surface area contributed by atoms with E-state index in [2.05, 4.69) is 17.2 Å². The summed E-state index contributed by atoms with van der Waals surface area (Å²) in [5.41, 5.74) is 6.25. The van der Waals surface area contributed by atoms with E-state index in [0.717, 1.165) is 5.69 Å². The van der Waals surface area contributed by atoms with Gasteiger partial charge in [-0.2, -0.15) is 0 Å². The fourth-order valence-corrected chi connectivity index (χ4v) is 2.15. The van der Waals surface area contributed by atoms with Gasteiger partial charge in [0.05, 0.1) is 12.1 Å². The van der Waals surface area contributed by atoms with Crippen molar-refractivity contribution in [3.63, 3.8) is 0 Å². The predicted molar refractivity (Wildman–Crippen MR) is 60.6 cm³/mol. The zero-order chi connectivity index (χ0) is 10.8. The average molecular weight is 225 g/mol. The maximum absolute atomic E-state index is 11.6. The van der Waals surface area contributed by atoms with Crippen molar-refractivity contribution < 1.29 is 4.79 Å². The van der Waals surface area contributed by atoms with Gasteiger partial charge in [0.15, 0.2) is 5.13 Å². The minimum Gasteiger partial charge on any atom is -0.375 e. The van der Waals surface area contributed by atoms with Gasteiger partial charge in [0.1, 0.15) is 0 Å². The molecule has 1 saturated carbocycles. The fraction of sp³-hybridized carbons (Fsp3) is 0.600. The lowest BCUT2D eigenvalue weighted by molar-refractivity contribution is -0.121. The monoisotopic (exact) mass is 225 g/mol. The zero-order valence-electron chi connectivity index (χ0n) is 8.69. The van der Waals surface area contributed by atoms with Crippen LogP contribution in [0.2, 0.25) is 0 Å². The number of nitrogen functional groups attached to an aromatic ring is 1. The Morgan fingerprint density at radius 1 is 1.80 bits per heavy atom. The maximum Gasteiger partial charge on any atom is 0.226 e. The Morgan fingerprint density at radius 2 is 2.53 bits per heavy atom. The number of carbonyl (C=O) groups excluding carboxylic acids is 1. The van der Waals surface area contributed by atoms with Crippen molar-refractivity contribution >= 4 is 22.4 Å². The summed E-state index contributed by atoms with van der Waals surface area (Å²) in [6.07, 6.45) is 2.82. The fourth-order valence-electron chi connectivity index (χ4n) is 1.59. The third kappa shape index (κ3) is 2.92. The molecule has 82 valence electrons. The molecule has 2 rings (SSSR count). The molecule has 0 saturated heterocycles. The number of hydrogen-bond donors (Lipinski definition) is 2. The first-order valence-corrected chi connectivity index (χ1v) is 6.02. The number of rotatable bonds is 4. The number of nitrogens with zero attached hydrogens (tertiary/aromatic N) is 1. The lowest BCUT2D eigenvalue weighted by Crippen LogP contribution is -2.35. The second-order valence-corrected chi connectivity index (χ2v) is 4.94. The Morgan fingerprint density at radius 3 is 3.07 bits per heavy atom. The second-order valence-electron chi connectivity index (χ2n) is 4.05. The number of anilines is 1. The van der Waals surface area contributed by atoms with Gasteiger partial charge in [-0.15, -0.1) is 11.3 Å². The molecule has 1 aromatic rings. The first kappa shape index (κ1) is 10.4. The summed E-state index contributed by atoms with van der Waals surface area (Å²) in [4.78, 5) is 15.6. The Labute approximate surface area is 92.9 Å². The lowest BCUT2D eigenvalue weighted by atomic mass is 10.2. The predicted octanol–water partition coefficient (Wildman–Crippen LogP) is 1.18. The van der Waals surface area contributed by atoms with Gasteiger partial charge in [0, 0.05) is 11.4 Å². The Balaban J connectivity index is 1.81. The third-order valence-corrected chi connectivity index (χ3v) is 3.35. The van der Waals surface area contributed by atoms with Gasteiger partial charge in [0.25, 0.3) is 0 Å². The van der Waals surface area contributed by atoms with Gasteiger partial charge in [0.2, 0.25) is 5.91 Å². The molecule has 1 aliphatic carbocycles. The van der Waals surface area contributed by atoms with E-state index in [1.54, 1.807) is 0 Å². The lowest BCUT2D eigenvalue weighted by Gasteiger charge is -2.11. The SMILES string of the molecule is CC(NC(=O)Cc1csc(N)n1)C1CC1. The van der Waals surface area contributed by atoms with Crippen LogP contribution in [0.15, 0.2) is 5.38 Å². The van der Waals surface area contributed by atoms with Gasteiger partial charge >= 0.3 is 0 Å². The van der Waals surface area contributed by atoms with E-state index < -0.39 is 0 Å². The molecule has 5 heteroatoms. The number of carbonyl (C=O) groups is 1. The van der Waals surface area contributed by atoms with Gasteiger partial charge in [-0.25, -0.2) is 4.98 Å². The van der Waals surface area contributed by atoms with E-state index in [1.165, 1.54) is 24.2 Å². The van der Waals surface area contributed by atoms with Crippen LogP contribution in [-0.2, 0) is 11.2 Å². The zero-order valence-corrected chi connectivity index (χ0v) is 9.51. The van der Waals surface area contributed by atoms with Crippen molar-refractivity contribution in [2.75, 3.05) is 5.73 Å². The molecule has 1 amide bonds.